The van der Waals surface area contributed by atoms with Crippen molar-refractivity contribution in [2.75, 3.05) is 0 Å². The summed E-state index contributed by atoms with van der Waals surface area (Å²) in [6.45, 7) is 5.07. The third-order valence-electron chi connectivity index (χ3n) is 2.79. The predicted octanol–water partition coefficient (Wildman–Crippen LogP) is 2.16. The van der Waals surface area contributed by atoms with Gasteiger partial charge in [-0.3, -0.25) is 9.59 Å². The fraction of sp³-hybridized carbons (Fsp3) is 0.412. The summed E-state index contributed by atoms with van der Waals surface area (Å²) in [7, 11) is 0. The lowest BCUT2D eigenvalue weighted by Gasteiger charge is -2.21. The van der Waals surface area contributed by atoms with E-state index in [2.05, 4.69) is 0 Å². The maximum atomic E-state index is 11.9. The molecule has 0 heterocycles. The first-order valence-corrected chi connectivity index (χ1v) is 7.12. The third kappa shape index (κ3) is 6.54. The number of carbonyl (C=O) groups excluding carboxylic acids is 1. The van der Waals surface area contributed by atoms with E-state index in [1.165, 1.54) is 12.2 Å². The summed E-state index contributed by atoms with van der Waals surface area (Å²) >= 11 is 0. The number of hydrogen-bond acceptors (Lipinski definition) is 4. The van der Waals surface area contributed by atoms with Crippen molar-refractivity contribution in [2.24, 2.45) is 11.7 Å². The summed E-state index contributed by atoms with van der Waals surface area (Å²) in [5.41, 5.74) is 6.26. The lowest BCUT2D eigenvalue weighted by Crippen LogP contribution is -2.32. The second kappa shape index (κ2) is 7.75. The Labute approximate surface area is 130 Å². The lowest BCUT2D eigenvalue weighted by molar-refractivity contribution is -0.164. The van der Waals surface area contributed by atoms with Crippen LogP contribution in [-0.4, -0.2) is 28.7 Å². The Hall–Kier alpha value is -2.14. The van der Waals surface area contributed by atoms with Crippen LogP contribution in [0.5, 0.6) is 0 Å². The standard InChI is InChI=1S/C17H23NO4/c1-17(2,3)22-16(21)14(15(19)20)10-9-13(18)11-12-7-5-4-6-8-12/h4-10,13-14H,11,18H2,1-3H3,(H,19,20)/b10-9+/t13-,14?/m1/s1. The Morgan fingerprint density at radius 2 is 1.82 bits per heavy atom. The van der Waals surface area contributed by atoms with Crippen molar-refractivity contribution in [3.05, 3.63) is 48.0 Å². The number of nitrogens with two attached hydrogens (primary N) is 1. The largest absolute Gasteiger partial charge is 0.480 e. The van der Waals surface area contributed by atoms with Gasteiger partial charge < -0.3 is 15.6 Å². The van der Waals surface area contributed by atoms with Crippen LogP contribution in [0.4, 0.5) is 0 Å². The van der Waals surface area contributed by atoms with E-state index in [0.717, 1.165) is 5.56 Å². The average Bonchev–Trinajstić information content (AvgIpc) is 2.37. The Balaban J connectivity index is 2.69. The van der Waals surface area contributed by atoms with E-state index in [0.29, 0.717) is 6.42 Å². The zero-order valence-corrected chi connectivity index (χ0v) is 13.2. The molecule has 1 unspecified atom stereocenters. The molecule has 0 aliphatic heterocycles. The number of ether oxygens (including phenoxy) is 1. The molecule has 5 nitrogen and oxygen atoms in total. The fourth-order valence-corrected chi connectivity index (χ4v) is 1.84. The van der Waals surface area contributed by atoms with Crippen LogP contribution in [-0.2, 0) is 20.7 Å². The maximum absolute atomic E-state index is 11.9. The van der Waals surface area contributed by atoms with Gasteiger partial charge in [0.05, 0.1) is 0 Å². The molecule has 0 bridgehead atoms. The molecule has 0 amide bonds. The van der Waals surface area contributed by atoms with Crippen LogP contribution in [0.2, 0.25) is 0 Å². The minimum absolute atomic E-state index is 0.369. The lowest BCUT2D eigenvalue weighted by atomic mass is 10.0. The zero-order chi connectivity index (χ0) is 16.8. The van der Waals surface area contributed by atoms with E-state index in [9.17, 15) is 9.59 Å². The number of carboxylic acid groups (broad SMARTS) is 1. The molecule has 0 fully saturated rings. The topological polar surface area (TPSA) is 89.6 Å². The van der Waals surface area contributed by atoms with E-state index in [4.69, 9.17) is 15.6 Å². The van der Waals surface area contributed by atoms with Gasteiger partial charge in [-0.1, -0.05) is 42.5 Å². The monoisotopic (exact) mass is 305 g/mol. The molecule has 1 aromatic carbocycles. The predicted molar refractivity (Wildman–Crippen MR) is 84.2 cm³/mol. The van der Waals surface area contributed by atoms with Crippen LogP contribution in [0.15, 0.2) is 42.5 Å². The fourth-order valence-electron chi connectivity index (χ4n) is 1.84. The van der Waals surface area contributed by atoms with Crippen LogP contribution in [0.3, 0.4) is 0 Å². The highest BCUT2D eigenvalue weighted by Crippen LogP contribution is 2.13. The van der Waals surface area contributed by atoms with E-state index in [1.54, 1.807) is 20.8 Å². The van der Waals surface area contributed by atoms with Gasteiger partial charge in [0.25, 0.3) is 0 Å². The van der Waals surface area contributed by atoms with Crippen molar-refractivity contribution in [2.45, 2.75) is 38.8 Å². The number of rotatable bonds is 6. The van der Waals surface area contributed by atoms with Crippen LogP contribution in [0.1, 0.15) is 26.3 Å². The summed E-state index contributed by atoms with van der Waals surface area (Å²) in [5, 5.41) is 9.15. The first-order chi connectivity index (χ1) is 10.2. The Kier molecular flexibility index (Phi) is 6.31. The van der Waals surface area contributed by atoms with Gasteiger partial charge in [0.2, 0.25) is 0 Å². The molecule has 0 aromatic heterocycles. The van der Waals surface area contributed by atoms with E-state index >= 15 is 0 Å². The number of aliphatic carboxylic acids is 1. The molecule has 120 valence electrons. The summed E-state index contributed by atoms with van der Waals surface area (Å²) in [4.78, 5) is 23.1. The molecule has 2 atom stereocenters. The van der Waals surface area contributed by atoms with Gasteiger partial charge in [0, 0.05) is 6.04 Å². The molecule has 5 heteroatoms. The highest BCUT2D eigenvalue weighted by molar-refractivity contribution is 5.96. The molecule has 0 spiro atoms. The number of carboxylic acids is 1. The normalized spacial score (nSPS) is 14.5. The van der Waals surface area contributed by atoms with Gasteiger partial charge in [-0.25, -0.2) is 0 Å². The molecule has 0 saturated carbocycles. The molecule has 0 aliphatic carbocycles. The average molecular weight is 305 g/mol. The summed E-state index contributed by atoms with van der Waals surface area (Å²) < 4.78 is 5.10. The van der Waals surface area contributed by atoms with Gasteiger partial charge in [0.1, 0.15) is 5.60 Å². The second-order valence-corrected chi connectivity index (χ2v) is 6.09. The van der Waals surface area contributed by atoms with E-state index in [-0.39, 0.29) is 6.04 Å². The molecule has 1 rings (SSSR count). The molecule has 0 saturated heterocycles. The molecule has 3 N–H and O–H groups in total. The molecular weight excluding hydrogens is 282 g/mol. The van der Waals surface area contributed by atoms with Gasteiger partial charge in [0.15, 0.2) is 5.92 Å². The minimum atomic E-state index is -1.35. The molecule has 22 heavy (non-hydrogen) atoms. The van der Waals surface area contributed by atoms with Gasteiger partial charge in [-0.15, -0.1) is 0 Å². The molecule has 1 aromatic rings. The highest BCUT2D eigenvalue weighted by atomic mass is 16.6. The van der Waals surface area contributed by atoms with Crippen LogP contribution in [0.25, 0.3) is 0 Å². The van der Waals surface area contributed by atoms with Gasteiger partial charge in [-0.2, -0.15) is 0 Å². The van der Waals surface area contributed by atoms with E-state index < -0.39 is 23.5 Å². The first kappa shape index (κ1) is 17.9. The number of carbonyl (C=O) groups is 2. The number of benzene rings is 1. The second-order valence-electron chi connectivity index (χ2n) is 6.09. The maximum Gasteiger partial charge on any atom is 0.324 e. The minimum Gasteiger partial charge on any atom is -0.480 e. The summed E-state index contributed by atoms with van der Waals surface area (Å²) in [6, 6.07) is 9.24. The SMILES string of the molecule is CC(C)(C)OC(=O)C(/C=C/[C@@H](N)Cc1ccccc1)C(=O)O. The van der Waals surface area contributed by atoms with Crippen molar-refractivity contribution in [3.63, 3.8) is 0 Å². The Bertz CT molecular complexity index is 531. The van der Waals surface area contributed by atoms with Crippen LogP contribution < -0.4 is 5.73 Å². The third-order valence-corrected chi connectivity index (χ3v) is 2.79. The van der Waals surface area contributed by atoms with Crippen molar-refractivity contribution >= 4 is 11.9 Å². The molecular formula is C17H23NO4. The smallest absolute Gasteiger partial charge is 0.324 e. The first-order valence-electron chi connectivity index (χ1n) is 7.12. The van der Waals surface area contributed by atoms with Crippen molar-refractivity contribution < 1.29 is 19.4 Å². The Morgan fingerprint density at radius 3 is 2.32 bits per heavy atom. The van der Waals surface area contributed by atoms with Crippen LogP contribution in [0, 0.1) is 5.92 Å². The zero-order valence-electron chi connectivity index (χ0n) is 13.2. The number of esters is 1. The summed E-state index contributed by atoms with van der Waals surface area (Å²) in [6.07, 6.45) is 3.40. The van der Waals surface area contributed by atoms with Crippen molar-refractivity contribution in [1.82, 2.24) is 0 Å². The number of hydrogen-bond donors (Lipinski definition) is 2. The molecule has 0 aliphatic rings. The summed E-state index contributed by atoms with van der Waals surface area (Å²) in [5.74, 6) is -3.39. The Morgan fingerprint density at radius 1 is 1.23 bits per heavy atom. The quantitative estimate of drug-likeness (QED) is 0.477. The van der Waals surface area contributed by atoms with E-state index in [1.807, 2.05) is 30.3 Å². The highest BCUT2D eigenvalue weighted by Gasteiger charge is 2.28. The molecule has 0 radical (unpaired) electrons. The van der Waals surface area contributed by atoms with Gasteiger partial charge in [-0.05, 0) is 32.8 Å². The van der Waals surface area contributed by atoms with Crippen LogP contribution >= 0.6 is 0 Å². The van der Waals surface area contributed by atoms with Crippen molar-refractivity contribution in [1.29, 1.82) is 0 Å². The van der Waals surface area contributed by atoms with Gasteiger partial charge >= 0.3 is 11.9 Å². The van der Waals surface area contributed by atoms with Crippen molar-refractivity contribution in [3.8, 4) is 0 Å².